The van der Waals surface area contributed by atoms with Crippen LogP contribution in [-0.4, -0.2) is 12.3 Å². The van der Waals surface area contributed by atoms with E-state index in [0.717, 1.165) is 6.08 Å². The normalized spacial score (nSPS) is 18.4. The molecule has 10 heavy (non-hydrogen) atoms. The second kappa shape index (κ2) is 5.09. The lowest BCUT2D eigenvalue weighted by Crippen LogP contribution is -2.10. The summed E-state index contributed by atoms with van der Waals surface area (Å²) in [6, 6.07) is 0. The van der Waals surface area contributed by atoms with Gasteiger partial charge in [0.2, 0.25) is 0 Å². The summed E-state index contributed by atoms with van der Waals surface area (Å²) >= 11 is 0. The van der Waals surface area contributed by atoms with Gasteiger partial charge in [0.1, 0.15) is 0 Å². The molecule has 0 heterocycles. The van der Waals surface area contributed by atoms with E-state index in [0.29, 0.717) is 6.08 Å². The number of hydrogen-bond acceptors (Lipinski definition) is 0. The SMILES string of the molecule is C/C=C\C(F)C(F)/C=C/F. The maximum atomic E-state index is 12.3. The van der Waals surface area contributed by atoms with Gasteiger partial charge in [0.15, 0.2) is 12.3 Å². The summed E-state index contributed by atoms with van der Waals surface area (Å²) in [6.07, 6.45) is -0.669. The molecule has 0 spiro atoms. The van der Waals surface area contributed by atoms with Gasteiger partial charge in [0.05, 0.1) is 6.33 Å². The van der Waals surface area contributed by atoms with Crippen LogP contribution < -0.4 is 0 Å². The van der Waals surface area contributed by atoms with Crippen LogP contribution in [0, 0.1) is 0 Å². The predicted molar refractivity (Wildman–Crippen MR) is 34.9 cm³/mol. The zero-order valence-electron chi connectivity index (χ0n) is 5.60. The van der Waals surface area contributed by atoms with Crippen molar-refractivity contribution in [3.05, 3.63) is 24.6 Å². The quantitative estimate of drug-likeness (QED) is 0.542. The molecule has 0 aromatic heterocycles. The van der Waals surface area contributed by atoms with Crippen molar-refractivity contribution in [1.82, 2.24) is 0 Å². The van der Waals surface area contributed by atoms with Crippen molar-refractivity contribution in [3.63, 3.8) is 0 Å². The predicted octanol–water partition coefficient (Wildman–Crippen LogP) is 2.72. The Kier molecular flexibility index (Phi) is 4.72. The van der Waals surface area contributed by atoms with Crippen LogP contribution in [0.4, 0.5) is 13.2 Å². The summed E-state index contributed by atoms with van der Waals surface area (Å²) in [4.78, 5) is 0. The first-order valence-corrected chi connectivity index (χ1v) is 2.90. The number of halogens is 3. The Labute approximate surface area is 58.0 Å². The highest BCUT2D eigenvalue weighted by Crippen LogP contribution is 2.06. The van der Waals surface area contributed by atoms with Gasteiger partial charge >= 0.3 is 0 Å². The highest BCUT2D eigenvalue weighted by molar-refractivity contribution is 4.98. The van der Waals surface area contributed by atoms with E-state index in [1.807, 2.05) is 0 Å². The van der Waals surface area contributed by atoms with Crippen LogP contribution in [0.2, 0.25) is 0 Å². The molecule has 2 unspecified atom stereocenters. The summed E-state index contributed by atoms with van der Waals surface area (Å²) in [5.41, 5.74) is 0. The van der Waals surface area contributed by atoms with Gasteiger partial charge in [-0.1, -0.05) is 12.2 Å². The molecule has 0 aliphatic heterocycles. The smallest absolute Gasteiger partial charge is 0.155 e. The molecule has 0 saturated heterocycles. The molecule has 0 aliphatic carbocycles. The monoisotopic (exact) mass is 150 g/mol. The van der Waals surface area contributed by atoms with Gasteiger partial charge in [0.25, 0.3) is 0 Å². The molecular weight excluding hydrogens is 141 g/mol. The molecular formula is C7H9F3. The summed E-state index contributed by atoms with van der Waals surface area (Å²) < 4.78 is 35.8. The van der Waals surface area contributed by atoms with E-state index in [9.17, 15) is 13.2 Å². The second-order valence-electron chi connectivity index (χ2n) is 1.73. The van der Waals surface area contributed by atoms with Gasteiger partial charge in [-0.3, -0.25) is 0 Å². The van der Waals surface area contributed by atoms with E-state index in [4.69, 9.17) is 0 Å². The Balaban J connectivity index is 3.81. The lowest BCUT2D eigenvalue weighted by molar-refractivity contribution is 0.246. The van der Waals surface area contributed by atoms with E-state index in [2.05, 4.69) is 0 Å². The summed E-state index contributed by atoms with van der Waals surface area (Å²) in [5, 5.41) is 0. The van der Waals surface area contributed by atoms with Crippen LogP contribution in [0.15, 0.2) is 24.6 Å². The average molecular weight is 150 g/mol. The van der Waals surface area contributed by atoms with E-state index in [1.165, 1.54) is 6.08 Å². The van der Waals surface area contributed by atoms with Crippen molar-refractivity contribution >= 4 is 0 Å². The van der Waals surface area contributed by atoms with E-state index in [1.54, 1.807) is 6.92 Å². The van der Waals surface area contributed by atoms with Gasteiger partial charge in [-0.05, 0) is 13.0 Å². The minimum atomic E-state index is -1.87. The zero-order valence-corrected chi connectivity index (χ0v) is 5.60. The fourth-order valence-corrected chi connectivity index (χ4v) is 0.466. The van der Waals surface area contributed by atoms with Gasteiger partial charge in [-0.2, -0.15) is 0 Å². The largest absolute Gasteiger partial charge is 0.239 e. The molecule has 58 valence electrons. The molecule has 0 nitrogen and oxygen atoms in total. The summed E-state index contributed by atoms with van der Waals surface area (Å²) in [7, 11) is 0. The molecule has 0 rings (SSSR count). The summed E-state index contributed by atoms with van der Waals surface area (Å²) in [6.45, 7) is 1.57. The van der Waals surface area contributed by atoms with Crippen LogP contribution in [0.5, 0.6) is 0 Å². The van der Waals surface area contributed by atoms with E-state index < -0.39 is 12.3 Å². The molecule has 0 aromatic rings. The van der Waals surface area contributed by atoms with E-state index in [-0.39, 0.29) is 6.33 Å². The van der Waals surface area contributed by atoms with Crippen LogP contribution in [0.25, 0.3) is 0 Å². The molecule has 0 N–H and O–H groups in total. The Morgan fingerprint density at radius 2 is 1.60 bits per heavy atom. The number of hydrogen-bond donors (Lipinski definition) is 0. The van der Waals surface area contributed by atoms with Crippen molar-refractivity contribution in [3.8, 4) is 0 Å². The molecule has 3 heteroatoms. The van der Waals surface area contributed by atoms with Gasteiger partial charge in [0, 0.05) is 0 Å². The topological polar surface area (TPSA) is 0 Å². The number of alkyl halides is 2. The van der Waals surface area contributed by atoms with Crippen LogP contribution >= 0.6 is 0 Å². The van der Waals surface area contributed by atoms with Crippen molar-refractivity contribution in [2.75, 3.05) is 0 Å². The fourth-order valence-electron chi connectivity index (χ4n) is 0.466. The van der Waals surface area contributed by atoms with Crippen LogP contribution in [-0.2, 0) is 0 Å². The Hall–Kier alpha value is -0.730. The highest BCUT2D eigenvalue weighted by Gasteiger charge is 2.12. The third kappa shape index (κ3) is 3.33. The van der Waals surface area contributed by atoms with Gasteiger partial charge < -0.3 is 0 Å². The van der Waals surface area contributed by atoms with Crippen molar-refractivity contribution in [1.29, 1.82) is 0 Å². The van der Waals surface area contributed by atoms with Crippen molar-refractivity contribution < 1.29 is 13.2 Å². The fraction of sp³-hybridized carbons (Fsp3) is 0.429. The third-order valence-corrected chi connectivity index (χ3v) is 0.937. The van der Waals surface area contributed by atoms with Crippen LogP contribution in [0.3, 0.4) is 0 Å². The van der Waals surface area contributed by atoms with Crippen molar-refractivity contribution in [2.24, 2.45) is 0 Å². The Morgan fingerprint density at radius 1 is 1.10 bits per heavy atom. The molecule has 0 aliphatic rings. The Morgan fingerprint density at radius 3 is 2.00 bits per heavy atom. The van der Waals surface area contributed by atoms with Gasteiger partial charge in [-0.15, -0.1) is 0 Å². The maximum absolute atomic E-state index is 12.3. The third-order valence-electron chi connectivity index (χ3n) is 0.937. The molecule has 0 radical (unpaired) electrons. The van der Waals surface area contributed by atoms with Crippen molar-refractivity contribution in [2.45, 2.75) is 19.3 Å². The first-order chi connectivity index (χ1) is 4.72. The number of rotatable bonds is 3. The standard InChI is InChI=1S/C7H9F3/c1-2-3-6(9)7(10)4-5-8/h2-7H,1H3/b3-2-,5-4+. The summed E-state index contributed by atoms with van der Waals surface area (Å²) in [5.74, 6) is 0. The lowest BCUT2D eigenvalue weighted by atomic mass is 10.2. The number of allylic oxidation sites excluding steroid dienone is 3. The van der Waals surface area contributed by atoms with Crippen LogP contribution in [0.1, 0.15) is 6.92 Å². The maximum Gasteiger partial charge on any atom is 0.155 e. The molecule has 0 bridgehead atoms. The first kappa shape index (κ1) is 9.27. The van der Waals surface area contributed by atoms with Gasteiger partial charge in [-0.25, -0.2) is 13.2 Å². The lowest BCUT2D eigenvalue weighted by Gasteiger charge is -2.02. The second-order valence-corrected chi connectivity index (χ2v) is 1.73. The highest BCUT2D eigenvalue weighted by atomic mass is 19.2. The Bertz CT molecular complexity index is 113. The van der Waals surface area contributed by atoms with E-state index >= 15 is 0 Å². The molecule has 0 saturated carbocycles. The first-order valence-electron chi connectivity index (χ1n) is 2.90. The molecule has 0 fully saturated rings. The molecule has 0 aromatic carbocycles. The minimum absolute atomic E-state index is 0.000741. The molecule has 0 amide bonds. The molecule has 2 atom stereocenters. The average Bonchev–Trinajstić information content (AvgIpc) is 1.89. The zero-order chi connectivity index (χ0) is 7.98. The minimum Gasteiger partial charge on any atom is -0.239 e.